The van der Waals surface area contributed by atoms with Crippen molar-refractivity contribution >= 4 is 11.9 Å². The van der Waals surface area contributed by atoms with Gasteiger partial charge in [-0.1, -0.05) is 30.3 Å². The standard InChI is InChI=1S/C16H21NO5/c1-12(22-11-13-5-3-2-4-6-13)14(18)17-9-7-16(21,8-10-17)15(19)20/h2-6,12,21H,7-11H2,1H3,(H,19,20). The van der Waals surface area contributed by atoms with E-state index in [-0.39, 0.29) is 31.8 Å². The Hall–Kier alpha value is -1.92. The van der Waals surface area contributed by atoms with Crippen LogP contribution in [0.3, 0.4) is 0 Å². The molecule has 0 aromatic heterocycles. The third-order valence-corrected chi connectivity index (χ3v) is 3.99. The second kappa shape index (κ2) is 6.89. The highest BCUT2D eigenvalue weighted by molar-refractivity contribution is 5.82. The highest BCUT2D eigenvalue weighted by atomic mass is 16.5. The number of amides is 1. The number of likely N-dealkylation sites (tertiary alicyclic amines) is 1. The summed E-state index contributed by atoms with van der Waals surface area (Å²) in [7, 11) is 0. The van der Waals surface area contributed by atoms with Crippen molar-refractivity contribution in [1.82, 2.24) is 4.90 Å². The lowest BCUT2D eigenvalue weighted by molar-refractivity contribution is -0.167. The third kappa shape index (κ3) is 3.84. The number of aliphatic carboxylic acids is 1. The molecule has 0 spiro atoms. The third-order valence-electron chi connectivity index (χ3n) is 3.99. The molecule has 6 heteroatoms. The number of carbonyl (C=O) groups is 2. The SMILES string of the molecule is CC(OCc1ccccc1)C(=O)N1CCC(O)(C(=O)O)CC1. The van der Waals surface area contributed by atoms with E-state index in [9.17, 15) is 14.7 Å². The molecule has 2 N–H and O–H groups in total. The van der Waals surface area contributed by atoms with Crippen LogP contribution >= 0.6 is 0 Å². The van der Waals surface area contributed by atoms with Gasteiger partial charge >= 0.3 is 5.97 Å². The van der Waals surface area contributed by atoms with Crippen LogP contribution in [0, 0.1) is 0 Å². The van der Waals surface area contributed by atoms with Gasteiger partial charge in [0, 0.05) is 25.9 Å². The van der Waals surface area contributed by atoms with Crippen molar-refractivity contribution in [2.24, 2.45) is 0 Å². The first-order chi connectivity index (χ1) is 10.4. The summed E-state index contributed by atoms with van der Waals surface area (Å²) < 4.78 is 5.57. The Labute approximate surface area is 129 Å². The molecule has 0 aliphatic carbocycles. The number of benzene rings is 1. The summed E-state index contributed by atoms with van der Waals surface area (Å²) in [5.41, 5.74) is -0.730. The second-order valence-electron chi connectivity index (χ2n) is 5.60. The van der Waals surface area contributed by atoms with E-state index in [1.807, 2.05) is 30.3 Å². The lowest BCUT2D eigenvalue weighted by Crippen LogP contribution is -2.52. The van der Waals surface area contributed by atoms with Gasteiger partial charge in [0.1, 0.15) is 6.10 Å². The lowest BCUT2D eigenvalue weighted by Gasteiger charge is -2.36. The number of hydrogen-bond acceptors (Lipinski definition) is 4. The first-order valence-electron chi connectivity index (χ1n) is 7.32. The fraction of sp³-hybridized carbons (Fsp3) is 0.500. The van der Waals surface area contributed by atoms with Crippen LogP contribution < -0.4 is 0 Å². The molecule has 2 rings (SSSR count). The second-order valence-corrected chi connectivity index (χ2v) is 5.60. The fourth-order valence-electron chi connectivity index (χ4n) is 2.43. The number of piperidine rings is 1. The zero-order chi connectivity index (χ0) is 16.2. The molecular formula is C16H21NO5. The molecule has 22 heavy (non-hydrogen) atoms. The van der Waals surface area contributed by atoms with E-state index in [1.165, 1.54) is 0 Å². The molecule has 1 heterocycles. The molecule has 6 nitrogen and oxygen atoms in total. The molecule has 1 amide bonds. The number of aliphatic hydroxyl groups is 1. The van der Waals surface area contributed by atoms with Crippen LogP contribution in [-0.4, -0.2) is 51.8 Å². The Morgan fingerprint density at radius 2 is 1.86 bits per heavy atom. The number of carboxylic acid groups (broad SMARTS) is 1. The Balaban J connectivity index is 1.83. The van der Waals surface area contributed by atoms with Gasteiger partial charge in [0.2, 0.25) is 0 Å². The van der Waals surface area contributed by atoms with Gasteiger partial charge in [-0.15, -0.1) is 0 Å². The summed E-state index contributed by atoms with van der Waals surface area (Å²) in [5, 5.41) is 18.8. The Morgan fingerprint density at radius 3 is 2.41 bits per heavy atom. The fourth-order valence-corrected chi connectivity index (χ4v) is 2.43. The van der Waals surface area contributed by atoms with Crippen LogP contribution in [0.4, 0.5) is 0 Å². The Morgan fingerprint density at radius 1 is 1.27 bits per heavy atom. The highest BCUT2D eigenvalue weighted by Crippen LogP contribution is 2.23. The van der Waals surface area contributed by atoms with E-state index in [2.05, 4.69) is 0 Å². The normalized spacial score (nSPS) is 18.7. The average molecular weight is 307 g/mol. The number of rotatable bonds is 5. The van der Waals surface area contributed by atoms with Crippen molar-refractivity contribution in [3.8, 4) is 0 Å². The quantitative estimate of drug-likeness (QED) is 0.848. The molecule has 1 aromatic rings. The molecule has 1 unspecified atom stereocenters. The summed E-state index contributed by atoms with van der Waals surface area (Å²) in [6, 6.07) is 9.57. The van der Waals surface area contributed by atoms with Crippen LogP contribution in [0.15, 0.2) is 30.3 Å². The van der Waals surface area contributed by atoms with E-state index in [4.69, 9.17) is 9.84 Å². The van der Waals surface area contributed by atoms with Gasteiger partial charge in [0.15, 0.2) is 5.60 Å². The molecular weight excluding hydrogens is 286 g/mol. The molecule has 1 aliphatic heterocycles. The number of ether oxygens (including phenoxy) is 1. The van der Waals surface area contributed by atoms with Gasteiger partial charge < -0.3 is 19.8 Å². The van der Waals surface area contributed by atoms with Crippen LogP contribution in [-0.2, 0) is 20.9 Å². The first kappa shape index (κ1) is 16.5. The zero-order valence-electron chi connectivity index (χ0n) is 12.6. The minimum Gasteiger partial charge on any atom is -0.479 e. The van der Waals surface area contributed by atoms with Gasteiger partial charge in [-0.2, -0.15) is 0 Å². The van der Waals surface area contributed by atoms with Crippen molar-refractivity contribution in [2.45, 2.75) is 38.1 Å². The maximum Gasteiger partial charge on any atom is 0.335 e. The topological polar surface area (TPSA) is 87.1 Å². The number of hydrogen-bond donors (Lipinski definition) is 2. The number of nitrogens with zero attached hydrogens (tertiary/aromatic N) is 1. The Kier molecular flexibility index (Phi) is 5.15. The van der Waals surface area contributed by atoms with E-state index >= 15 is 0 Å². The Bertz CT molecular complexity index is 523. The van der Waals surface area contributed by atoms with Crippen molar-refractivity contribution in [3.63, 3.8) is 0 Å². The largest absolute Gasteiger partial charge is 0.479 e. The highest BCUT2D eigenvalue weighted by Gasteiger charge is 2.41. The van der Waals surface area contributed by atoms with Gasteiger partial charge in [0.25, 0.3) is 5.91 Å². The summed E-state index contributed by atoms with van der Waals surface area (Å²) in [6.07, 6.45) is -0.518. The van der Waals surface area contributed by atoms with Crippen molar-refractivity contribution in [2.75, 3.05) is 13.1 Å². The van der Waals surface area contributed by atoms with Gasteiger partial charge in [-0.05, 0) is 12.5 Å². The van der Waals surface area contributed by atoms with E-state index in [0.717, 1.165) is 5.56 Å². The summed E-state index contributed by atoms with van der Waals surface area (Å²) in [4.78, 5) is 24.8. The molecule has 1 atom stereocenters. The maximum atomic E-state index is 12.3. The molecule has 0 bridgehead atoms. The lowest BCUT2D eigenvalue weighted by atomic mass is 9.91. The molecule has 0 saturated carbocycles. The zero-order valence-corrected chi connectivity index (χ0v) is 12.6. The number of carboxylic acids is 1. The van der Waals surface area contributed by atoms with E-state index in [1.54, 1.807) is 11.8 Å². The van der Waals surface area contributed by atoms with Crippen LogP contribution in [0.1, 0.15) is 25.3 Å². The average Bonchev–Trinajstić information content (AvgIpc) is 2.53. The van der Waals surface area contributed by atoms with E-state index < -0.39 is 17.7 Å². The molecule has 1 aliphatic rings. The smallest absolute Gasteiger partial charge is 0.335 e. The molecule has 1 saturated heterocycles. The molecule has 0 radical (unpaired) electrons. The first-order valence-corrected chi connectivity index (χ1v) is 7.32. The minimum atomic E-state index is -1.72. The van der Waals surface area contributed by atoms with Crippen molar-refractivity contribution in [3.05, 3.63) is 35.9 Å². The molecule has 120 valence electrons. The molecule has 1 fully saturated rings. The van der Waals surface area contributed by atoms with Gasteiger partial charge in [-0.25, -0.2) is 4.79 Å². The monoisotopic (exact) mass is 307 g/mol. The molecule has 1 aromatic carbocycles. The van der Waals surface area contributed by atoms with Gasteiger partial charge in [-0.3, -0.25) is 4.79 Å². The predicted octanol–water partition coefficient (Wildman–Crippen LogP) is 1.03. The number of carbonyl (C=O) groups excluding carboxylic acids is 1. The van der Waals surface area contributed by atoms with Crippen LogP contribution in [0.5, 0.6) is 0 Å². The van der Waals surface area contributed by atoms with Crippen molar-refractivity contribution in [1.29, 1.82) is 0 Å². The van der Waals surface area contributed by atoms with Gasteiger partial charge in [0.05, 0.1) is 6.61 Å². The van der Waals surface area contributed by atoms with Crippen molar-refractivity contribution < 1.29 is 24.5 Å². The minimum absolute atomic E-state index is 0.0411. The summed E-state index contributed by atoms with van der Waals surface area (Å²) in [6.45, 7) is 2.48. The predicted molar refractivity (Wildman–Crippen MR) is 79.1 cm³/mol. The van der Waals surface area contributed by atoms with Crippen LogP contribution in [0.25, 0.3) is 0 Å². The summed E-state index contributed by atoms with van der Waals surface area (Å²) >= 11 is 0. The maximum absolute atomic E-state index is 12.3. The summed E-state index contributed by atoms with van der Waals surface area (Å²) in [5.74, 6) is -1.41. The van der Waals surface area contributed by atoms with E-state index in [0.29, 0.717) is 6.61 Å². The van der Waals surface area contributed by atoms with Crippen LogP contribution in [0.2, 0.25) is 0 Å².